The van der Waals surface area contributed by atoms with Crippen LogP contribution in [0.1, 0.15) is 67.7 Å². The van der Waals surface area contributed by atoms with Gasteiger partial charge in [0.1, 0.15) is 11.4 Å². The molecule has 0 aromatic rings. The number of carbonyl (C=O) groups is 3. The standard InChI is InChI=1S/C20H38ClN2O7P/c1-8-11-16(23-19(26)30-20(5,6)7)17(24)12-15(13-21)18(25)22-14(4)31(27,28-9-2)29-10-3/h14-16H,8-13H2,1-7H3,(H,22,25)(H,23,26)/t14?,15-,16-/m0/s1. The number of ketones is 1. The smallest absolute Gasteiger partial charge is 0.408 e. The third-order valence-corrected chi connectivity index (χ3v) is 6.79. The SMILES string of the molecule is CCC[C@H](NC(=O)OC(C)(C)C)C(=O)C[C@@H](CCl)C(=O)NC(C)P(=O)(OCC)OCC. The Bertz CT molecular complexity index is 630. The van der Waals surface area contributed by atoms with Gasteiger partial charge in [0.05, 0.1) is 25.2 Å². The van der Waals surface area contributed by atoms with Crippen molar-refractivity contribution in [2.75, 3.05) is 19.1 Å². The van der Waals surface area contributed by atoms with Gasteiger partial charge in [0.25, 0.3) is 0 Å². The highest BCUT2D eigenvalue weighted by Gasteiger charge is 2.35. The summed E-state index contributed by atoms with van der Waals surface area (Å²) in [4.78, 5) is 37.5. The van der Waals surface area contributed by atoms with Crippen LogP contribution in [0.15, 0.2) is 0 Å². The van der Waals surface area contributed by atoms with Gasteiger partial charge in [-0.25, -0.2) is 4.79 Å². The number of hydrogen-bond donors (Lipinski definition) is 2. The summed E-state index contributed by atoms with van der Waals surface area (Å²) in [6, 6.07) is -0.797. The average Bonchev–Trinajstić information content (AvgIpc) is 2.64. The van der Waals surface area contributed by atoms with Gasteiger partial charge in [0, 0.05) is 12.3 Å². The second kappa shape index (κ2) is 14.1. The fraction of sp³-hybridized carbons (Fsp3) is 0.850. The lowest BCUT2D eigenvalue weighted by molar-refractivity contribution is -0.129. The molecule has 1 unspecified atom stereocenters. The molecule has 11 heteroatoms. The van der Waals surface area contributed by atoms with Crippen LogP contribution >= 0.6 is 19.2 Å². The summed E-state index contributed by atoms with van der Waals surface area (Å²) in [6.45, 7) is 12.2. The van der Waals surface area contributed by atoms with Crippen LogP contribution in [-0.4, -0.2) is 54.3 Å². The molecule has 0 saturated carbocycles. The number of hydrogen-bond acceptors (Lipinski definition) is 7. The van der Waals surface area contributed by atoms with E-state index in [9.17, 15) is 18.9 Å². The molecule has 0 saturated heterocycles. The Morgan fingerprint density at radius 3 is 2.00 bits per heavy atom. The first-order chi connectivity index (χ1) is 14.3. The Morgan fingerprint density at radius 1 is 1.03 bits per heavy atom. The number of ether oxygens (including phenoxy) is 1. The number of amides is 2. The topological polar surface area (TPSA) is 120 Å². The molecule has 2 N–H and O–H groups in total. The summed E-state index contributed by atoms with van der Waals surface area (Å²) >= 11 is 5.94. The Kier molecular flexibility index (Phi) is 13.6. The first-order valence-electron chi connectivity index (χ1n) is 10.6. The van der Waals surface area contributed by atoms with E-state index < -0.39 is 42.9 Å². The third kappa shape index (κ3) is 11.3. The van der Waals surface area contributed by atoms with Gasteiger partial charge in [-0.2, -0.15) is 0 Å². The predicted octanol–water partition coefficient (Wildman–Crippen LogP) is 4.22. The van der Waals surface area contributed by atoms with Gasteiger partial charge in [-0.1, -0.05) is 13.3 Å². The van der Waals surface area contributed by atoms with Crippen LogP contribution in [0, 0.1) is 5.92 Å². The Hall–Kier alpha value is -1.15. The maximum absolute atomic E-state index is 12.8. The summed E-state index contributed by atoms with van der Waals surface area (Å²) < 4.78 is 28.5. The molecule has 0 spiro atoms. The fourth-order valence-electron chi connectivity index (χ4n) is 2.68. The third-order valence-electron chi connectivity index (χ3n) is 4.11. The summed E-state index contributed by atoms with van der Waals surface area (Å²) in [6.07, 6.45) is 0.159. The number of halogens is 1. The largest absolute Gasteiger partial charge is 0.444 e. The van der Waals surface area contributed by atoms with Gasteiger partial charge in [0.15, 0.2) is 5.78 Å². The molecule has 0 aromatic carbocycles. The summed E-state index contributed by atoms with van der Waals surface area (Å²) in [5.74, 6) is -2.77. The van der Waals surface area contributed by atoms with Gasteiger partial charge < -0.3 is 24.4 Å². The molecule has 0 rings (SSSR count). The van der Waals surface area contributed by atoms with E-state index in [1.54, 1.807) is 34.6 Å². The van der Waals surface area contributed by atoms with E-state index in [4.69, 9.17) is 25.4 Å². The minimum absolute atomic E-state index is 0.122. The van der Waals surface area contributed by atoms with Crippen LogP contribution in [0.4, 0.5) is 4.79 Å². The Morgan fingerprint density at radius 2 is 1.58 bits per heavy atom. The van der Waals surface area contributed by atoms with Crippen molar-refractivity contribution in [3.8, 4) is 0 Å². The molecule has 0 bridgehead atoms. The molecular weight excluding hydrogens is 447 g/mol. The molecule has 0 aliphatic carbocycles. The molecular formula is C20H38ClN2O7P. The Labute approximate surface area is 190 Å². The van der Waals surface area contributed by atoms with Crippen molar-refractivity contribution in [3.05, 3.63) is 0 Å². The zero-order valence-corrected chi connectivity index (χ0v) is 21.3. The molecule has 2 amide bonds. The molecule has 0 fully saturated rings. The van der Waals surface area contributed by atoms with Crippen LogP contribution in [0.5, 0.6) is 0 Å². The minimum atomic E-state index is -3.55. The highest BCUT2D eigenvalue weighted by molar-refractivity contribution is 7.54. The average molecular weight is 485 g/mol. The number of nitrogens with one attached hydrogen (secondary N) is 2. The van der Waals surface area contributed by atoms with Gasteiger partial charge in [-0.15, -0.1) is 11.6 Å². The van der Waals surface area contributed by atoms with Crippen molar-refractivity contribution in [2.24, 2.45) is 5.92 Å². The van der Waals surface area contributed by atoms with Gasteiger partial charge in [-0.3, -0.25) is 14.2 Å². The zero-order chi connectivity index (χ0) is 24.2. The number of Topliss-reactive ketones (excluding diaryl/α,β-unsaturated/α-hetero) is 1. The molecule has 3 atom stereocenters. The van der Waals surface area contributed by atoms with E-state index in [-0.39, 0.29) is 31.3 Å². The minimum Gasteiger partial charge on any atom is -0.444 e. The van der Waals surface area contributed by atoms with E-state index in [0.29, 0.717) is 12.8 Å². The number of rotatable bonds is 14. The summed E-state index contributed by atoms with van der Waals surface area (Å²) in [5, 5.41) is 5.16. The van der Waals surface area contributed by atoms with E-state index in [0.717, 1.165) is 0 Å². The van der Waals surface area contributed by atoms with Crippen LogP contribution in [0.3, 0.4) is 0 Å². The van der Waals surface area contributed by atoms with E-state index >= 15 is 0 Å². The highest BCUT2D eigenvalue weighted by Crippen LogP contribution is 2.51. The number of carbonyl (C=O) groups excluding carboxylic acids is 3. The lowest BCUT2D eigenvalue weighted by Crippen LogP contribution is -2.45. The molecule has 0 radical (unpaired) electrons. The van der Waals surface area contributed by atoms with Crippen molar-refractivity contribution >= 4 is 37.0 Å². The van der Waals surface area contributed by atoms with E-state index in [2.05, 4.69) is 10.6 Å². The fourth-order valence-corrected chi connectivity index (χ4v) is 4.45. The summed E-state index contributed by atoms with van der Waals surface area (Å²) in [5.41, 5.74) is -0.701. The van der Waals surface area contributed by atoms with Gasteiger partial charge in [-0.05, 0) is 48.0 Å². The molecule has 182 valence electrons. The molecule has 0 aliphatic rings. The van der Waals surface area contributed by atoms with Crippen molar-refractivity contribution in [1.29, 1.82) is 0 Å². The van der Waals surface area contributed by atoms with Crippen molar-refractivity contribution in [2.45, 2.75) is 85.2 Å². The first kappa shape index (κ1) is 29.9. The molecule has 0 aromatic heterocycles. The predicted molar refractivity (Wildman–Crippen MR) is 120 cm³/mol. The summed E-state index contributed by atoms with van der Waals surface area (Å²) in [7, 11) is -3.55. The van der Waals surface area contributed by atoms with Crippen molar-refractivity contribution in [1.82, 2.24) is 10.6 Å². The highest BCUT2D eigenvalue weighted by atomic mass is 35.5. The first-order valence-corrected chi connectivity index (χ1v) is 12.7. The maximum Gasteiger partial charge on any atom is 0.408 e. The molecule has 0 aliphatic heterocycles. The lowest BCUT2D eigenvalue weighted by Gasteiger charge is -2.26. The van der Waals surface area contributed by atoms with Crippen molar-refractivity contribution in [3.63, 3.8) is 0 Å². The van der Waals surface area contributed by atoms with Gasteiger partial charge >= 0.3 is 13.7 Å². The maximum atomic E-state index is 12.8. The molecule has 31 heavy (non-hydrogen) atoms. The van der Waals surface area contributed by atoms with Gasteiger partial charge in [0.2, 0.25) is 5.91 Å². The molecule has 9 nitrogen and oxygen atoms in total. The van der Waals surface area contributed by atoms with E-state index in [1.165, 1.54) is 6.92 Å². The number of alkyl halides is 1. The second-order valence-corrected chi connectivity index (χ2v) is 10.7. The zero-order valence-electron chi connectivity index (χ0n) is 19.7. The van der Waals surface area contributed by atoms with Crippen LogP contribution < -0.4 is 10.6 Å². The monoisotopic (exact) mass is 484 g/mol. The number of alkyl carbamates (subject to hydrolysis) is 1. The Balaban J connectivity index is 5.16. The van der Waals surface area contributed by atoms with E-state index in [1.807, 2.05) is 6.92 Å². The van der Waals surface area contributed by atoms with Crippen molar-refractivity contribution < 1.29 is 32.7 Å². The van der Waals surface area contributed by atoms with Crippen LogP contribution in [0.2, 0.25) is 0 Å². The second-order valence-electron chi connectivity index (χ2n) is 8.07. The quantitative estimate of drug-likeness (QED) is 0.279. The lowest BCUT2D eigenvalue weighted by atomic mass is 9.97. The van der Waals surface area contributed by atoms with Crippen LogP contribution in [-0.2, 0) is 27.9 Å². The van der Waals surface area contributed by atoms with Crippen LogP contribution in [0.25, 0.3) is 0 Å². The molecule has 0 heterocycles. The normalized spacial score (nSPS) is 15.0.